The van der Waals surface area contributed by atoms with Crippen LogP contribution < -0.4 is 19.7 Å². The first kappa shape index (κ1) is 35.2. The monoisotopic (exact) mass is 716 g/mol. The zero-order valence-corrected chi connectivity index (χ0v) is 27.4. The van der Waals surface area contributed by atoms with Crippen LogP contribution in [0.2, 0.25) is 0 Å². The Morgan fingerprint density at radius 3 is 2.23 bits per heavy atom. The van der Waals surface area contributed by atoms with Crippen molar-refractivity contribution in [2.75, 3.05) is 63.6 Å². The molecule has 20 heteroatoms. The lowest BCUT2D eigenvalue weighted by Crippen LogP contribution is -2.49. The number of aromatic nitrogens is 3. The van der Waals surface area contributed by atoms with Gasteiger partial charge >= 0.3 is 12.2 Å². The van der Waals surface area contributed by atoms with Gasteiger partial charge in [0, 0.05) is 44.0 Å². The van der Waals surface area contributed by atoms with Crippen LogP contribution in [0.25, 0.3) is 0 Å². The lowest BCUT2D eigenvalue weighted by Gasteiger charge is -2.34. The van der Waals surface area contributed by atoms with Crippen LogP contribution in [-0.2, 0) is 20.0 Å². The van der Waals surface area contributed by atoms with Crippen molar-refractivity contribution in [2.24, 2.45) is 0 Å². The van der Waals surface area contributed by atoms with Crippen LogP contribution in [0.4, 0.5) is 35.1 Å². The standard InChI is InChI=1S/C28H32F4N8O6S2/c1-38(2)17-27(10-11-27)48(44,45)37-23(41)19-6-8-21(9-7-19)33-24-34-25(36-26(35-24)46-18-28(30,31)32)39-12-14-40(15-13-39)47(42,43)22-5-3-4-20(29)16-22/h3-9,16H,10-15,17-18H2,1-2H3,(H,37,41)(H,33,34,35,36). The van der Waals surface area contributed by atoms with Crippen LogP contribution >= 0.6 is 0 Å². The molecule has 1 aliphatic carbocycles. The molecule has 2 aromatic carbocycles. The Bertz CT molecular complexity index is 1870. The predicted molar refractivity (Wildman–Crippen MR) is 165 cm³/mol. The first-order valence-corrected chi connectivity index (χ1v) is 17.4. The minimum absolute atomic E-state index is 0.0409. The second-order valence-corrected chi connectivity index (χ2v) is 15.6. The molecule has 3 aromatic rings. The van der Waals surface area contributed by atoms with Crippen LogP contribution in [0.5, 0.6) is 6.01 Å². The van der Waals surface area contributed by atoms with Crippen molar-refractivity contribution in [1.29, 1.82) is 0 Å². The SMILES string of the molecule is CN(C)CC1(S(=O)(=O)NC(=O)c2ccc(Nc3nc(OCC(F)(F)F)nc(N4CCN(S(=O)(=O)c5cccc(F)c5)CC4)n3)cc2)CC1. The number of sulfonamides is 2. The van der Waals surface area contributed by atoms with E-state index in [4.69, 9.17) is 4.74 Å². The lowest BCUT2D eigenvalue weighted by molar-refractivity contribution is -0.154. The van der Waals surface area contributed by atoms with E-state index in [2.05, 4.69) is 25.0 Å². The summed E-state index contributed by atoms with van der Waals surface area (Å²) >= 11 is 0. The van der Waals surface area contributed by atoms with E-state index in [1.807, 2.05) is 0 Å². The number of rotatable bonds is 12. The average Bonchev–Trinajstić information content (AvgIpc) is 3.80. The van der Waals surface area contributed by atoms with Crippen molar-refractivity contribution in [1.82, 2.24) is 28.9 Å². The molecule has 2 heterocycles. The maximum atomic E-state index is 13.7. The highest BCUT2D eigenvalue weighted by atomic mass is 32.2. The van der Waals surface area contributed by atoms with Gasteiger partial charge in [-0.2, -0.15) is 32.4 Å². The molecule has 1 aromatic heterocycles. The Hall–Kier alpha value is -4.14. The molecular formula is C28H32F4N8O6S2. The van der Waals surface area contributed by atoms with E-state index in [0.29, 0.717) is 18.5 Å². The largest absolute Gasteiger partial charge is 0.454 e. The van der Waals surface area contributed by atoms with Gasteiger partial charge in [0.2, 0.25) is 31.9 Å². The molecule has 0 radical (unpaired) electrons. The van der Waals surface area contributed by atoms with Crippen LogP contribution in [0.1, 0.15) is 23.2 Å². The fourth-order valence-corrected chi connectivity index (χ4v) is 8.11. The highest BCUT2D eigenvalue weighted by Gasteiger charge is 2.55. The Labute approximate surface area is 274 Å². The average molecular weight is 717 g/mol. The summed E-state index contributed by atoms with van der Waals surface area (Å²) in [5.74, 6) is -1.85. The van der Waals surface area contributed by atoms with Gasteiger partial charge in [0.1, 0.15) is 10.6 Å². The molecule has 0 bridgehead atoms. The van der Waals surface area contributed by atoms with Crippen molar-refractivity contribution < 1.29 is 43.9 Å². The molecule has 0 unspecified atom stereocenters. The van der Waals surface area contributed by atoms with Gasteiger partial charge in [0.15, 0.2) is 6.61 Å². The van der Waals surface area contributed by atoms with Crippen molar-refractivity contribution in [3.8, 4) is 6.01 Å². The first-order chi connectivity index (χ1) is 22.5. The summed E-state index contributed by atoms with van der Waals surface area (Å²) in [6.45, 7) is -1.44. The number of piperazine rings is 1. The molecule has 0 spiro atoms. The third-order valence-electron chi connectivity index (χ3n) is 7.54. The third-order valence-corrected chi connectivity index (χ3v) is 11.6. The van der Waals surface area contributed by atoms with Gasteiger partial charge in [0.05, 0.1) is 4.90 Å². The number of nitrogens with zero attached hydrogens (tertiary/aromatic N) is 6. The third kappa shape index (κ3) is 8.28. The molecule has 2 N–H and O–H groups in total. The maximum absolute atomic E-state index is 13.7. The Morgan fingerprint density at radius 2 is 1.65 bits per heavy atom. The summed E-state index contributed by atoms with van der Waals surface area (Å²) in [5, 5.41) is 2.80. The van der Waals surface area contributed by atoms with E-state index in [0.717, 1.165) is 16.4 Å². The molecule has 1 aliphatic heterocycles. The molecule has 2 fully saturated rings. The molecule has 14 nitrogen and oxygen atoms in total. The number of hydrogen-bond acceptors (Lipinski definition) is 12. The zero-order valence-electron chi connectivity index (χ0n) is 25.7. The molecule has 1 saturated heterocycles. The molecule has 48 heavy (non-hydrogen) atoms. The van der Waals surface area contributed by atoms with Gasteiger partial charge in [-0.1, -0.05) is 6.07 Å². The number of benzene rings is 2. The van der Waals surface area contributed by atoms with Gasteiger partial charge in [-0.05, 0) is 69.4 Å². The zero-order chi connectivity index (χ0) is 34.9. The summed E-state index contributed by atoms with van der Waals surface area (Å²) in [6, 6.07) is 9.47. The second-order valence-electron chi connectivity index (χ2n) is 11.6. The van der Waals surface area contributed by atoms with Crippen LogP contribution in [0, 0.1) is 5.82 Å². The van der Waals surface area contributed by atoms with Crippen molar-refractivity contribution in [3.05, 3.63) is 59.9 Å². The summed E-state index contributed by atoms with van der Waals surface area (Å²) in [6.07, 6.45) is -3.82. The van der Waals surface area contributed by atoms with E-state index >= 15 is 0 Å². The molecule has 260 valence electrons. The van der Waals surface area contributed by atoms with E-state index in [1.165, 1.54) is 41.3 Å². The maximum Gasteiger partial charge on any atom is 0.422 e. The van der Waals surface area contributed by atoms with E-state index < -0.39 is 55.3 Å². The summed E-state index contributed by atoms with van der Waals surface area (Å²) < 4.78 is 111. The molecule has 1 saturated carbocycles. The summed E-state index contributed by atoms with van der Waals surface area (Å²) in [4.78, 5) is 28.0. The highest BCUT2D eigenvalue weighted by Crippen LogP contribution is 2.43. The molecule has 5 rings (SSSR count). The number of hydrogen-bond donors (Lipinski definition) is 2. The predicted octanol–water partition coefficient (Wildman–Crippen LogP) is 2.36. The normalized spacial score (nSPS) is 16.9. The minimum Gasteiger partial charge on any atom is -0.454 e. The first-order valence-electron chi connectivity index (χ1n) is 14.5. The quantitative estimate of drug-likeness (QED) is 0.263. The topological polar surface area (TPSA) is 167 Å². The number of carbonyl (C=O) groups excluding carboxylic acids is 1. The summed E-state index contributed by atoms with van der Waals surface area (Å²) in [5.41, 5.74) is 0.340. The van der Waals surface area contributed by atoms with Gasteiger partial charge in [-0.25, -0.2) is 25.9 Å². The minimum atomic E-state index is -4.69. The molecular weight excluding hydrogens is 684 g/mol. The lowest BCUT2D eigenvalue weighted by atomic mass is 10.2. The molecule has 2 aliphatic rings. The van der Waals surface area contributed by atoms with Crippen LogP contribution in [0.15, 0.2) is 53.4 Å². The number of amides is 1. The van der Waals surface area contributed by atoms with Crippen LogP contribution in [0.3, 0.4) is 0 Å². The fourth-order valence-electron chi connectivity index (χ4n) is 5.01. The van der Waals surface area contributed by atoms with Gasteiger partial charge < -0.3 is 19.9 Å². The number of alkyl halides is 3. The van der Waals surface area contributed by atoms with E-state index in [1.54, 1.807) is 19.0 Å². The van der Waals surface area contributed by atoms with Crippen molar-refractivity contribution in [3.63, 3.8) is 0 Å². The number of nitrogens with one attached hydrogen (secondary N) is 2. The van der Waals surface area contributed by atoms with Crippen molar-refractivity contribution >= 4 is 43.5 Å². The fraction of sp³-hybridized carbons (Fsp3) is 0.429. The van der Waals surface area contributed by atoms with Crippen LogP contribution in [-0.4, -0.2) is 111 Å². The van der Waals surface area contributed by atoms with E-state index in [9.17, 15) is 39.2 Å². The van der Waals surface area contributed by atoms with Gasteiger partial charge in [-0.15, -0.1) is 0 Å². The number of anilines is 3. The molecule has 0 atom stereocenters. The smallest absolute Gasteiger partial charge is 0.422 e. The Morgan fingerprint density at radius 1 is 0.979 bits per heavy atom. The van der Waals surface area contributed by atoms with Crippen molar-refractivity contribution in [2.45, 2.75) is 28.7 Å². The summed E-state index contributed by atoms with van der Waals surface area (Å²) in [7, 11) is -4.47. The Kier molecular flexibility index (Phi) is 9.82. The van der Waals surface area contributed by atoms with Gasteiger partial charge in [-0.3, -0.25) is 4.79 Å². The second kappa shape index (κ2) is 13.4. The Balaban J connectivity index is 1.29. The highest BCUT2D eigenvalue weighted by molar-refractivity contribution is 7.91. The van der Waals surface area contributed by atoms with Gasteiger partial charge in [0.25, 0.3) is 5.91 Å². The number of ether oxygens (including phenoxy) is 1. The number of carbonyl (C=O) groups is 1. The molecule has 1 amide bonds. The van der Waals surface area contributed by atoms with E-state index in [-0.39, 0.29) is 55.1 Å². The number of halogens is 4.